The summed E-state index contributed by atoms with van der Waals surface area (Å²) in [6, 6.07) is 9.47. The van der Waals surface area contributed by atoms with Crippen LogP contribution >= 0.6 is 0 Å². The molecule has 3 aromatic rings. The molecule has 0 unspecified atom stereocenters. The number of anilines is 1. The van der Waals surface area contributed by atoms with Crippen molar-refractivity contribution in [3.63, 3.8) is 0 Å². The van der Waals surface area contributed by atoms with Crippen LogP contribution < -0.4 is 10.1 Å². The van der Waals surface area contributed by atoms with E-state index in [0.29, 0.717) is 18.0 Å². The van der Waals surface area contributed by atoms with Gasteiger partial charge in [0.25, 0.3) is 0 Å². The minimum absolute atomic E-state index is 0.158. The lowest BCUT2D eigenvalue weighted by molar-refractivity contribution is -0.391. The molecular formula is C16H17N5O3. The van der Waals surface area contributed by atoms with Crippen molar-refractivity contribution >= 4 is 17.3 Å². The maximum atomic E-state index is 11.0. The summed E-state index contributed by atoms with van der Waals surface area (Å²) in [4.78, 5) is 14.4. The molecule has 0 aliphatic carbocycles. The Morgan fingerprint density at radius 1 is 1.33 bits per heavy atom. The average molecular weight is 327 g/mol. The number of aromatic nitrogens is 3. The van der Waals surface area contributed by atoms with Gasteiger partial charge in [-0.25, -0.2) is 4.98 Å². The third kappa shape index (κ3) is 3.12. The van der Waals surface area contributed by atoms with Gasteiger partial charge in [-0.1, -0.05) is 27.3 Å². The predicted molar refractivity (Wildman–Crippen MR) is 89.6 cm³/mol. The highest BCUT2D eigenvalue weighted by molar-refractivity contribution is 5.48. The summed E-state index contributed by atoms with van der Waals surface area (Å²) in [5, 5.41) is 18.4. The van der Waals surface area contributed by atoms with Gasteiger partial charge in [0.1, 0.15) is 11.9 Å². The van der Waals surface area contributed by atoms with Crippen LogP contribution in [-0.2, 0) is 6.42 Å². The monoisotopic (exact) mass is 327 g/mol. The molecule has 0 saturated carbocycles. The van der Waals surface area contributed by atoms with E-state index in [0.717, 1.165) is 17.7 Å². The van der Waals surface area contributed by atoms with Gasteiger partial charge in [0.05, 0.1) is 7.11 Å². The molecule has 0 aliphatic rings. The van der Waals surface area contributed by atoms with Crippen molar-refractivity contribution < 1.29 is 9.66 Å². The zero-order valence-electron chi connectivity index (χ0n) is 13.4. The average Bonchev–Trinajstić information content (AvgIpc) is 2.98. The lowest BCUT2D eigenvalue weighted by atomic mass is 10.1. The van der Waals surface area contributed by atoms with Crippen molar-refractivity contribution in [2.45, 2.75) is 13.3 Å². The molecule has 3 rings (SSSR count). The first-order valence-electron chi connectivity index (χ1n) is 7.45. The largest absolute Gasteiger partial charge is 0.496 e. The minimum Gasteiger partial charge on any atom is -0.496 e. The van der Waals surface area contributed by atoms with Crippen LogP contribution in [-0.4, -0.2) is 33.2 Å². The number of benzene rings is 1. The smallest absolute Gasteiger partial charge is 0.368 e. The molecular weight excluding hydrogens is 310 g/mol. The SMILES string of the molecule is COc1ccc(C)cc1CCNc1ccc2ncc([N+](=O)[O-])n2n1. The normalized spacial score (nSPS) is 10.8. The van der Waals surface area contributed by atoms with E-state index in [9.17, 15) is 10.1 Å². The number of rotatable bonds is 6. The maximum Gasteiger partial charge on any atom is 0.368 e. The fraction of sp³-hybridized carbons (Fsp3) is 0.250. The van der Waals surface area contributed by atoms with E-state index in [2.05, 4.69) is 21.5 Å². The molecule has 0 spiro atoms. The van der Waals surface area contributed by atoms with Crippen LogP contribution in [0.3, 0.4) is 0 Å². The molecule has 24 heavy (non-hydrogen) atoms. The highest BCUT2D eigenvalue weighted by Gasteiger charge is 2.15. The van der Waals surface area contributed by atoms with Gasteiger partial charge in [-0.3, -0.25) is 0 Å². The summed E-state index contributed by atoms with van der Waals surface area (Å²) in [6.07, 6.45) is 1.94. The number of nitro groups is 1. The van der Waals surface area contributed by atoms with Gasteiger partial charge in [0.15, 0.2) is 5.82 Å². The summed E-state index contributed by atoms with van der Waals surface area (Å²) in [7, 11) is 1.65. The van der Waals surface area contributed by atoms with Crippen LogP contribution in [0, 0.1) is 17.0 Å². The van der Waals surface area contributed by atoms with Gasteiger partial charge in [0.2, 0.25) is 5.65 Å². The van der Waals surface area contributed by atoms with E-state index in [1.165, 1.54) is 16.3 Å². The van der Waals surface area contributed by atoms with E-state index in [1.54, 1.807) is 19.2 Å². The quantitative estimate of drug-likeness (QED) is 0.552. The number of imidazole rings is 1. The first kappa shape index (κ1) is 15.7. The number of methoxy groups -OCH3 is 1. The lowest BCUT2D eigenvalue weighted by Gasteiger charge is -2.10. The van der Waals surface area contributed by atoms with Crippen LogP contribution in [0.25, 0.3) is 5.65 Å². The molecule has 0 bridgehead atoms. The van der Waals surface area contributed by atoms with Crippen molar-refractivity contribution in [2.75, 3.05) is 19.0 Å². The fourth-order valence-corrected chi connectivity index (χ4v) is 2.51. The molecule has 1 N–H and O–H groups in total. The number of hydrogen-bond acceptors (Lipinski definition) is 6. The molecule has 0 radical (unpaired) electrons. The molecule has 0 fully saturated rings. The van der Waals surface area contributed by atoms with Crippen molar-refractivity contribution in [3.05, 3.63) is 57.8 Å². The van der Waals surface area contributed by atoms with Crippen molar-refractivity contribution in [2.24, 2.45) is 0 Å². The molecule has 0 atom stereocenters. The van der Waals surface area contributed by atoms with E-state index >= 15 is 0 Å². The summed E-state index contributed by atoms with van der Waals surface area (Å²) in [6.45, 7) is 2.66. The van der Waals surface area contributed by atoms with Gasteiger partial charge in [-0.15, -0.1) is 0 Å². The van der Waals surface area contributed by atoms with Crippen molar-refractivity contribution in [3.8, 4) is 5.75 Å². The summed E-state index contributed by atoms with van der Waals surface area (Å²) >= 11 is 0. The van der Waals surface area contributed by atoms with Gasteiger partial charge in [-0.05, 0) is 36.0 Å². The Kier molecular flexibility index (Phi) is 4.28. The van der Waals surface area contributed by atoms with E-state index < -0.39 is 4.92 Å². The van der Waals surface area contributed by atoms with E-state index in [1.807, 2.05) is 19.1 Å². The van der Waals surface area contributed by atoms with Gasteiger partial charge < -0.3 is 20.2 Å². The van der Waals surface area contributed by atoms with Crippen LogP contribution in [0.2, 0.25) is 0 Å². The summed E-state index contributed by atoms with van der Waals surface area (Å²) < 4.78 is 6.58. The Morgan fingerprint density at radius 3 is 2.92 bits per heavy atom. The Morgan fingerprint density at radius 2 is 2.17 bits per heavy atom. The minimum atomic E-state index is -0.506. The van der Waals surface area contributed by atoms with E-state index in [-0.39, 0.29) is 5.82 Å². The molecule has 2 aromatic heterocycles. The fourth-order valence-electron chi connectivity index (χ4n) is 2.51. The molecule has 0 aliphatic heterocycles. The van der Waals surface area contributed by atoms with Crippen LogP contribution in [0.15, 0.2) is 36.5 Å². The Bertz CT molecular complexity index is 891. The lowest BCUT2D eigenvalue weighted by Crippen LogP contribution is -2.09. The molecule has 8 nitrogen and oxygen atoms in total. The second kappa shape index (κ2) is 6.53. The highest BCUT2D eigenvalue weighted by Crippen LogP contribution is 2.20. The number of nitrogens with one attached hydrogen (secondary N) is 1. The Hall–Kier alpha value is -3.16. The second-order valence-corrected chi connectivity index (χ2v) is 5.35. The van der Waals surface area contributed by atoms with Crippen LogP contribution in [0.4, 0.5) is 11.6 Å². The van der Waals surface area contributed by atoms with Gasteiger partial charge in [0, 0.05) is 12.6 Å². The predicted octanol–water partition coefficient (Wildman–Crippen LogP) is 2.61. The molecule has 0 amide bonds. The Balaban J connectivity index is 1.73. The third-order valence-corrected chi connectivity index (χ3v) is 3.67. The third-order valence-electron chi connectivity index (χ3n) is 3.67. The number of ether oxygens (including phenoxy) is 1. The summed E-state index contributed by atoms with van der Waals surface area (Å²) in [5.41, 5.74) is 2.70. The number of aryl methyl sites for hydroxylation is 1. The number of nitrogens with zero attached hydrogens (tertiary/aromatic N) is 4. The number of fused-ring (bicyclic) bond motifs is 1. The van der Waals surface area contributed by atoms with Crippen molar-refractivity contribution in [1.82, 2.24) is 14.6 Å². The zero-order valence-corrected chi connectivity index (χ0v) is 13.4. The summed E-state index contributed by atoms with van der Waals surface area (Å²) in [5.74, 6) is 1.24. The molecule has 2 heterocycles. The molecule has 124 valence electrons. The molecule has 0 saturated heterocycles. The number of hydrogen-bond donors (Lipinski definition) is 1. The second-order valence-electron chi connectivity index (χ2n) is 5.35. The first-order chi connectivity index (χ1) is 11.6. The highest BCUT2D eigenvalue weighted by atomic mass is 16.6. The van der Waals surface area contributed by atoms with Gasteiger partial charge >= 0.3 is 5.82 Å². The first-order valence-corrected chi connectivity index (χ1v) is 7.45. The van der Waals surface area contributed by atoms with Crippen molar-refractivity contribution in [1.29, 1.82) is 0 Å². The van der Waals surface area contributed by atoms with E-state index in [4.69, 9.17) is 4.74 Å². The maximum absolute atomic E-state index is 11.0. The molecule has 8 heteroatoms. The zero-order chi connectivity index (χ0) is 17.1. The van der Waals surface area contributed by atoms with Gasteiger partial charge in [-0.2, -0.15) is 0 Å². The Labute approximate surface area is 138 Å². The van der Waals surface area contributed by atoms with Crippen LogP contribution in [0.5, 0.6) is 5.75 Å². The van der Waals surface area contributed by atoms with Crippen LogP contribution in [0.1, 0.15) is 11.1 Å². The molecule has 1 aromatic carbocycles. The topological polar surface area (TPSA) is 94.6 Å². The standard InChI is InChI=1S/C16H17N5O3/c1-11-3-4-13(24-2)12(9-11)7-8-17-14-5-6-15-18-10-16(21(22)23)20(15)19-14/h3-6,9-10H,7-8H2,1-2H3,(H,17,19).